The largest absolute Gasteiger partial charge is 0.278 e. The Morgan fingerprint density at radius 1 is 0.720 bits per heavy atom. The van der Waals surface area contributed by atoms with Crippen LogP contribution in [0, 0.1) is 13.8 Å². The maximum atomic E-state index is 12.7. The molecule has 0 saturated carbocycles. The van der Waals surface area contributed by atoms with Crippen LogP contribution >= 0.6 is 0 Å². The van der Waals surface area contributed by atoms with Gasteiger partial charge < -0.3 is 0 Å². The number of carbonyl (C=O) groups excluding carboxylic acids is 2. The van der Waals surface area contributed by atoms with Crippen molar-refractivity contribution in [3.05, 3.63) is 82.4 Å². The molecule has 0 N–H and O–H groups in total. The molecule has 0 atom stereocenters. The van der Waals surface area contributed by atoms with E-state index in [9.17, 15) is 9.59 Å². The van der Waals surface area contributed by atoms with Gasteiger partial charge in [0.05, 0.1) is 13.1 Å². The van der Waals surface area contributed by atoms with E-state index in [0.717, 1.165) is 11.1 Å². The smallest absolute Gasteiger partial charge is 0.267 e. The molecule has 2 aromatic rings. The number of allylic oxidation sites excluding steroid dienone is 1. The second kappa shape index (κ2) is 6.93. The van der Waals surface area contributed by atoms with Crippen molar-refractivity contribution in [1.82, 2.24) is 10.0 Å². The number of hydrogen-bond acceptors (Lipinski definition) is 2. The number of nitrogens with zero attached hydrogens (tertiary/aromatic N) is 2. The topological polar surface area (TPSA) is 40.6 Å². The molecule has 1 aliphatic heterocycles. The van der Waals surface area contributed by atoms with E-state index < -0.39 is 0 Å². The molecule has 0 spiro atoms. The van der Waals surface area contributed by atoms with Crippen LogP contribution in [0.4, 0.5) is 0 Å². The molecule has 0 radical (unpaired) electrons. The van der Waals surface area contributed by atoms with Crippen LogP contribution in [0.5, 0.6) is 0 Å². The summed E-state index contributed by atoms with van der Waals surface area (Å²) in [7, 11) is 0. The molecular weight excluding hydrogens is 312 g/mol. The molecule has 1 saturated heterocycles. The Balaban J connectivity index is 1.88. The predicted octanol–water partition coefficient (Wildman–Crippen LogP) is 3.54. The highest BCUT2D eigenvalue weighted by Crippen LogP contribution is 2.24. The van der Waals surface area contributed by atoms with Gasteiger partial charge in [-0.15, -0.1) is 0 Å². The minimum atomic E-state index is -0.236. The molecule has 128 valence electrons. The van der Waals surface area contributed by atoms with E-state index in [2.05, 4.69) is 0 Å². The van der Waals surface area contributed by atoms with Crippen LogP contribution in [-0.4, -0.2) is 21.8 Å². The summed E-state index contributed by atoms with van der Waals surface area (Å²) in [5.74, 6) is -0.472. The SMILES string of the molecule is CC=C1C(=O)N(Cc2ccc(C)cc2)N(Cc2ccc(C)cc2)C1=O. The number of hydrogen-bond donors (Lipinski definition) is 0. The highest BCUT2D eigenvalue weighted by Gasteiger charge is 2.40. The van der Waals surface area contributed by atoms with E-state index in [1.165, 1.54) is 11.1 Å². The number of benzene rings is 2. The third-order valence-electron chi connectivity index (χ3n) is 4.42. The van der Waals surface area contributed by atoms with E-state index in [1.807, 2.05) is 62.4 Å². The lowest BCUT2D eigenvalue weighted by Crippen LogP contribution is -2.39. The van der Waals surface area contributed by atoms with Gasteiger partial charge in [-0.05, 0) is 31.9 Å². The minimum absolute atomic E-state index is 0.235. The Kier molecular flexibility index (Phi) is 4.70. The Morgan fingerprint density at radius 3 is 1.40 bits per heavy atom. The van der Waals surface area contributed by atoms with Crippen molar-refractivity contribution in [2.45, 2.75) is 33.9 Å². The van der Waals surface area contributed by atoms with Gasteiger partial charge in [0.15, 0.2) is 0 Å². The molecule has 1 aliphatic rings. The van der Waals surface area contributed by atoms with E-state index in [1.54, 1.807) is 23.0 Å². The summed E-state index contributed by atoms with van der Waals surface area (Å²) in [6.07, 6.45) is 1.60. The molecule has 2 aromatic carbocycles. The van der Waals surface area contributed by atoms with Crippen LogP contribution in [-0.2, 0) is 22.7 Å². The van der Waals surface area contributed by atoms with Crippen molar-refractivity contribution in [3.8, 4) is 0 Å². The maximum absolute atomic E-state index is 12.7. The van der Waals surface area contributed by atoms with Crippen LogP contribution < -0.4 is 0 Å². The monoisotopic (exact) mass is 334 g/mol. The molecule has 4 nitrogen and oxygen atoms in total. The maximum Gasteiger partial charge on any atom is 0.278 e. The zero-order chi connectivity index (χ0) is 18.0. The predicted molar refractivity (Wildman–Crippen MR) is 97.2 cm³/mol. The van der Waals surface area contributed by atoms with Gasteiger partial charge in [-0.25, -0.2) is 10.0 Å². The summed E-state index contributed by atoms with van der Waals surface area (Å²) in [5.41, 5.74) is 4.56. The lowest BCUT2D eigenvalue weighted by Gasteiger charge is -2.27. The van der Waals surface area contributed by atoms with E-state index in [-0.39, 0.29) is 17.4 Å². The van der Waals surface area contributed by atoms with Crippen LogP contribution in [0.2, 0.25) is 0 Å². The zero-order valence-electron chi connectivity index (χ0n) is 14.8. The second-order valence-electron chi connectivity index (χ2n) is 6.40. The van der Waals surface area contributed by atoms with Crippen LogP contribution in [0.1, 0.15) is 29.2 Å². The van der Waals surface area contributed by atoms with E-state index >= 15 is 0 Å². The normalized spacial score (nSPS) is 14.4. The summed E-state index contributed by atoms with van der Waals surface area (Å²) in [4.78, 5) is 25.3. The Hall–Kier alpha value is -2.88. The highest BCUT2D eigenvalue weighted by atomic mass is 16.2. The van der Waals surface area contributed by atoms with E-state index in [0.29, 0.717) is 13.1 Å². The summed E-state index contributed by atoms with van der Waals surface area (Å²) in [6, 6.07) is 16.0. The number of carbonyl (C=O) groups is 2. The number of rotatable bonds is 4. The summed E-state index contributed by atoms with van der Waals surface area (Å²) < 4.78 is 0. The van der Waals surface area contributed by atoms with Crippen molar-refractivity contribution in [3.63, 3.8) is 0 Å². The Labute approximate surface area is 148 Å². The zero-order valence-corrected chi connectivity index (χ0v) is 14.8. The van der Waals surface area contributed by atoms with Crippen molar-refractivity contribution in [1.29, 1.82) is 0 Å². The summed E-state index contributed by atoms with van der Waals surface area (Å²) in [5, 5.41) is 3.09. The first-order valence-electron chi connectivity index (χ1n) is 8.40. The van der Waals surface area contributed by atoms with Gasteiger partial charge >= 0.3 is 0 Å². The molecule has 0 unspecified atom stereocenters. The van der Waals surface area contributed by atoms with Gasteiger partial charge in [0, 0.05) is 0 Å². The fourth-order valence-corrected chi connectivity index (χ4v) is 2.88. The van der Waals surface area contributed by atoms with Crippen molar-refractivity contribution >= 4 is 11.8 Å². The van der Waals surface area contributed by atoms with Crippen molar-refractivity contribution in [2.75, 3.05) is 0 Å². The fourth-order valence-electron chi connectivity index (χ4n) is 2.88. The lowest BCUT2D eigenvalue weighted by molar-refractivity contribution is -0.149. The quantitative estimate of drug-likeness (QED) is 0.634. The summed E-state index contributed by atoms with van der Waals surface area (Å²) in [6.45, 7) is 6.54. The number of amides is 2. The van der Waals surface area contributed by atoms with Gasteiger partial charge in [-0.3, -0.25) is 9.59 Å². The van der Waals surface area contributed by atoms with Gasteiger partial charge in [-0.1, -0.05) is 65.7 Å². The van der Waals surface area contributed by atoms with Gasteiger partial charge in [0.1, 0.15) is 5.57 Å². The molecule has 1 fully saturated rings. The standard InChI is InChI=1S/C21H22N2O2/c1-4-19-20(24)22(13-17-9-5-15(2)6-10-17)23(21(19)25)14-18-11-7-16(3)8-12-18/h4-12H,13-14H2,1-3H3. The molecule has 1 heterocycles. The van der Waals surface area contributed by atoms with Crippen molar-refractivity contribution < 1.29 is 9.59 Å². The highest BCUT2D eigenvalue weighted by molar-refractivity contribution is 6.22. The number of aryl methyl sites for hydroxylation is 2. The molecule has 0 aromatic heterocycles. The van der Waals surface area contributed by atoms with Crippen LogP contribution in [0.25, 0.3) is 0 Å². The van der Waals surface area contributed by atoms with Crippen molar-refractivity contribution in [2.24, 2.45) is 0 Å². The molecule has 0 aliphatic carbocycles. The lowest BCUT2D eigenvalue weighted by atomic mass is 10.1. The Bertz CT molecular complexity index is 752. The second-order valence-corrected chi connectivity index (χ2v) is 6.40. The van der Waals surface area contributed by atoms with Gasteiger partial charge in [0.2, 0.25) is 0 Å². The average molecular weight is 334 g/mol. The average Bonchev–Trinajstić information content (AvgIpc) is 2.82. The third-order valence-corrected chi connectivity index (χ3v) is 4.42. The molecule has 2 amide bonds. The molecule has 0 bridgehead atoms. The van der Waals surface area contributed by atoms with E-state index in [4.69, 9.17) is 0 Å². The first kappa shape index (κ1) is 17.0. The fraction of sp³-hybridized carbons (Fsp3) is 0.238. The summed E-state index contributed by atoms with van der Waals surface area (Å²) >= 11 is 0. The van der Waals surface area contributed by atoms with Crippen LogP contribution in [0.15, 0.2) is 60.2 Å². The third kappa shape index (κ3) is 3.48. The minimum Gasteiger partial charge on any atom is -0.267 e. The number of hydrazine groups is 1. The van der Waals surface area contributed by atoms with Gasteiger partial charge in [-0.2, -0.15) is 0 Å². The van der Waals surface area contributed by atoms with Gasteiger partial charge in [0.25, 0.3) is 11.8 Å². The molecule has 25 heavy (non-hydrogen) atoms. The van der Waals surface area contributed by atoms with Crippen LogP contribution in [0.3, 0.4) is 0 Å². The molecule has 3 rings (SSSR count). The Morgan fingerprint density at radius 2 is 1.08 bits per heavy atom. The first-order valence-corrected chi connectivity index (χ1v) is 8.40. The first-order chi connectivity index (χ1) is 12.0. The molecule has 4 heteroatoms. The molecular formula is C21H22N2O2.